The van der Waals surface area contributed by atoms with E-state index >= 15 is 0 Å². The number of nitrogens with zero attached hydrogens (tertiary/aromatic N) is 4. The molecule has 0 saturated carbocycles. The van der Waals surface area contributed by atoms with E-state index in [1.165, 1.54) is 4.90 Å². The van der Waals surface area contributed by atoms with Crippen LogP contribution in [0.2, 0.25) is 0 Å². The van der Waals surface area contributed by atoms with Crippen molar-refractivity contribution in [2.75, 3.05) is 32.7 Å². The molecule has 0 radical (unpaired) electrons. The molecule has 4 rings (SSSR count). The number of rotatable bonds is 5. The van der Waals surface area contributed by atoms with E-state index in [4.69, 9.17) is 0 Å². The fourth-order valence-electron chi connectivity index (χ4n) is 4.05. The van der Waals surface area contributed by atoms with Crippen molar-refractivity contribution in [2.45, 2.75) is 19.3 Å². The first-order chi connectivity index (χ1) is 15.5. The van der Waals surface area contributed by atoms with Gasteiger partial charge in [0, 0.05) is 56.0 Å². The third-order valence-corrected chi connectivity index (χ3v) is 6.24. The van der Waals surface area contributed by atoms with Crippen LogP contribution in [0.3, 0.4) is 0 Å². The second-order valence-electron chi connectivity index (χ2n) is 7.82. The number of carbonyl (C=O) groups is 4. The number of carbonyl (C=O) groups excluding carboxylic acids is 4. The zero-order valence-corrected chi connectivity index (χ0v) is 19.1. The van der Waals surface area contributed by atoms with E-state index in [1.807, 2.05) is 0 Å². The van der Waals surface area contributed by atoms with Gasteiger partial charge < -0.3 is 9.80 Å². The molecule has 0 spiro atoms. The van der Waals surface area contributed by atoms with Crippen molar-refractivity contribution in [3.8, 4) is 0 Å². The highest BCUT2D eigenvalue weighted by Crippen LogP contribution is 2.26. The summed E-state index contributed by atoms with van der Waals surface area (Å²) in [6, 6.07) is 8.49. The third kappa shape index (κ3) is 4.57. The predicted octanol–water partition coefficient (Wildman–Crippen LogP) is 2.60. The lowest BCUT2D eigenvalue weighted by Crippen LogP contribution is -2.38. The number of imide groups is 1. The van der Waals surface area contributed by atoms with Crippen LogP contribution in [0.1, 0.15) is 50.3 Å². The van der Waals surface area contributed by atoms with E-state index in [0.29, 0.717) is 55.7 Å². The smallest absolute Gasteiger partial charge is 0.261 e. The summed E-state index contributed by atoms with van der Waals surface area (Å²) in [5.41, 5.74) is 1.33. The van der Waals surface area contributed by atoms with Gasteiger partial charge in [0.1, 0.15) is 0 Å². The molecule has 0 N–H and O–H groups in total. The minimum atomic E-state index is -0.321. The molecule has 32 heavy (non-hydrogen) atoms. The van der Waals surface area contributed by atoms with Crippen LogP contribution >= 0.6 is 15.9 Å². The highest BCUT2D eigenvalue weighted by molar-refractivity contribution is 9.10. The van der Waals surface area contributed by atoms with Gasteiger partial charge in [-0.3, -0.25) is 29.1 Å². The van der Waals surface area contributed by atoms with Gasteiger partial charge in [0.15, 0.2) is 0 Å². The molecule has 2 aliphatic rings. The summed E-state index contributed by atoms with van der Waals surface area (Å²) in [5, 5.41) is 0. The zero-order valence-electron chi connectivity index (χ0n) is 17.5. The summed E-state index contributed by atoms with van der Waals surface area (Å²) in [5.74, 6) is -0.743. The molecule has 1 aromatic carbocycles. The monoisotopic (exact) mass is 498 g/mol. The molecule has 0 bridgehead atoms. The number of pyridine rings is 1. The lowest BCUT2D eigenvalue weighted by atomic mass is 10.1. The molecule has 1 saturated heterocycles. The molecule has 2 aromatic rings. The van der Waals surface area contributed by atoms with Crippen molar-refractivity contribution in [1.29, 1.82) is 0 Å². The van der Waals surface area contributed by atoms with Gasteiger partial charge in [-0.1, -0.05) is 15.9 Å². The molecule has 1 fully saturated rings. The van der Waals surface area contributed by atoms with Gasteiger partial charge >= 0.3 is 0 Å². The number of halogens is 1. The van der Waals surface area contributed by atoms with Crippen molar-refractivity contribution >= 4 is 39.6 Å². The Bertz CT molecular complexity index is 1060. The van der Waals surface area contributed by atoms with Crippen LogP contribution in [0.4, 0.5) is 0 Å². The van der Waals surface area contributed by atoms with Gasteiger partial charge in [-0.15, -0.1) is 0 Å². The van der Waals surface area contributed by atoms with Crippen LogP contribution in [0, 0.1) is 0 Å². The van der Waals surface area contributed by atoms with E-state index in [2.05, 4.69) is 20.9 Å². The molecule has 3 heterocycles. The second kappa shape index (κ2) is 9.60. The van der Waals surface area contributed by atoms with Gasteiger partial charge in [0.05, 0.1) is 16.7 Å². The molecule has 4 amide bonds. The average molecular weight is 499 g/mol. The van der Waals surface area contributed by atoms with Gasteiger partial charge in [-0.2, -0.15) is 0 Å². The second-order valence-corrected chi connectivity index (χ2v) is 8.74. The largest absolute Gasteiger partial charge is 0.341 e. The number of hydrogen-bond acceptors (Lipinski definition) is 5. The first-order valence-corrected chi connectivity index (χ1v) is 11.4. The number of amides is 4. The van der Waals surface area contributed by atoms with E-state index < -0.39 is 0 Å². The maximum absolute atomic E-state index is 12.7. The van der Waals surface area contributed by atoms with Crippen LogP contribution < -0.4 is 0 Å². The number of fused-ring (bicyclic) bond motifs is 1. The van der Waals surface area contributed by atoms with Crippen molar-refractivity contribution < 1.29 is 19.2 Å². The van der Waals surface area contributed by atoms with Crippen molar-refractivity contribution in [3.63, 3.8) is 0 Å². The Morgan fingerprint density at radius 3 is 2.50 bits per heavy atom. The van der Waals surface area contributed by atoms with Crippen molar-refractivity contribution in [3.05, 3.63) is 63.9 Å². The maximum Gasteiger partial charge on any atom is 0.261 e. The van der Waals surface area contributed by atoms with Crippen LogP contribution in [-0.4, -0.2) is 76.0 Å². The van der Waals surface area contributed by atoms with Crippen LogP contribution in [-0.2, 0) is 4.79 Å². The first-order valence-electron chi connectivity index (χ1n) is 10.6. The third-order valence-electron chi connectivity index (χ3n) is 5.75. The van der Waals surface area contributed by atoms with Gasteiger partial charge in [0.25, 0.3) is 17.7 Å². The number of benzene rings is 1. The summed E-state index contributed by atoms with van der Waals surface area (Å²) in [6.45, 7) is 2.30. The molecule has 1 aromatic heterocycles. The van der Waals surface area contributed by atoms with Gasteiger partial charge in [-0.05, 0) is 43.2 Å². The SMILES string of the molecule is O=C(CCCN1C(=O)c2ccc(Br)cc2C1=O)N1CCCN(C(=O)c2cccnc2)CC1. The van der Waals surface area contributed by atoms with Crippen LogP contribution in [0.5, 0.6) is 0 Å². The molecular formula is C23H23BrN4O4. The Hall–Kier alpha value is -3.07. The first kappa shape index (κ1) is 22.1. The fourth-order valence-corrected chi connectivity index (χ4v) is 4.42. The lowest BCUT2D eigenvalue weighted by molar-refractivity contribution is -0.131. The Kier molecular flexibility index (Phi) is 6.64. The van der Waals surface area contributed by atoms with Gasteiger partial charge in [-0.25, -0.2) is 0 Å². The molecular weight excluding hydrogens is 476 g/mol. The molecule has 9 heteroatoms. The topological polar surface area (TPSA) is 90.9 Å². The number of hydrogen-bond donors (Lipinski definition) is 0. The molecule has 2 aliphatic heterocycles. The fraction of sp³-hybridized carbons (Fsp3) is 0.348. The standard InChI is InChI=1S/C23H23BrN4O4/c24-17-6-7-18-19(14-17)23(32)28(22(18)31)11-2-5-20(29)26-9-3-10-27(13-12-26)21(30)16-4-1-8-25-15-16/h1,4,6-8,14-15H,2-3,5,9-13H2. The molecule has 8 nitrogen and oxygen atoms in total. The normalized spacial score (nSPS) is 16.2. The summed E-state index contributed by atoms with van der Waals surface area (Å²) < 4.78 is 0.742. The Balaban J connectivity index is 1.27. The molecule has 166 valence electrons. The summed E-state index contributed by atoms with van der Waals surface area (Å²) in [7, 11) is 0. The summed E-state index contributed by atoms with van der Waals surface area (Å²) >= 11 is 3.32. The average Bonchev–Trinajstić information content (AvgIpc) is 2.97. The zero-order chi connectivity index (χ0) is 22.7. The highest BCUT2D eigenvalue weighted by atomic mass is 79.9. The number of aromatic nitrogens is 1. The van der Waals surface area contributed by atoms with E-state index in [1.54, 1.807) is 52.5 Å². The maximum atomic E-state index is 12.7. The Morgan fingerprint density at radius 2 is 1.72 bits per heavy atom. The minimum absolute atomic E-state index is 0.0277. The van der Waals surface area contributed by atoms with Gasteiger partial charge in [0.2, 0.25) is 5.91 Å². The lowest BCUT2D eigenvalue weighted by Gasteiger charge is -2.22. The van der Waals surface area contributed by atoms with E-state index in [-0.39, 0.29) is 36.6 Å². The van der Waals surface area contributed by atoms with Crippen LogP contribution in [0.15, 0.2) is 47.2 Å². The Morgan fingerprint density at radius 1 is 0.969 bits per heavy atom. The highest BCUT2D eigenvalue weighted by Gasteiger charge is 2.35. The van der Waals surface area contributed by atoms with E-state index in [9.17, 15) is 19.2 Å². The molecule has 0 aliphatic carbocycles. The predicted molar refractivity (Wildman–Crippen MR) is 120 cm³/mol. The minimum Gasteiger partial charge on any atom is -0.341 e. The van der Waals surface area contributed by atoms with Crippen molar-refractivity contribution in [2.24, 2.45) is 0 Å². The van der Waals surface area contributed by atoms with Crippen molar-refractivity contribution in [1.82, 2.24) is 19.7 Å². The summed E-state index contributed by atoms with van der Waals surface area (Å²) in [6.07, 6.45) is 4.52. The Labute approximate surface area is 194 Å². The quantitative estimate of drug-likeness (QED) is 0.590. The van der Waals surface area contributed by atoms with Crippen LogP contribution in [0.25, 0.3) is 0 Å². The summed E-state index contributed by atoms with van der Waals surface area (Å²) in [4.78, 5) is 59.1. The molecule has 0 atom stereocenters. The van der Waals surface area contributed by atoms with E-state index in [0.717, 1.165) is 4.47 Å². The molecule has 0 unspecified atom stereocenters.